The molecule has 1 fully saturated rings. The molecule has 5 heteroatoms. The van der Waals surface area contributed by atoms with Crippen LogP contribution < -0.4 is 0 Å². The minimum Gasteiger partial charge on any atom is -0.303 e. The summed E-state index contributed by atoms with van der Waals surface area (Å²) in [6.45, 7) is 3.25. The monoisotopic (exact) mass is 251 g/mol. The first-order valence-electron chi connectivity index (χ1n) is 6.24. The summed E-state index contributed by atoms with van der Waals surface area (Å²) < 4.78 is 37.6. The van der Waals surface area contributed by atoms with E-state index >= 15 is 0 Å². The van der Waals surface area contributed by atoms with Gasteiger partial charge in [0.15, 0.2) is 0 Å². The molecule has 0 aliphatic carbocycles. The van der Waals surface area contributed by atoms with E-state index in [4.69, 9.17) is 0 Å². The number of likely N-dealkylation sites (tertiary alicyclic amines) is 1. The first-order valence-corrected chi connectivity index (χ1v) is 6.24. The lowest BCUT2D eigenvalue weighted by Crippen LogP contribution is -2.42. The molecule has 17 heavy (non-hydrogen) atoms. The van der Waals surface area contributed by atoms with Crippen molar-refractivity contribution in [3.63, 3.8) is 0 Å². The minimum absolute atomic E-state index is 0.101. The molecule has 1 saturated heterocycles. The zero-order chi connectivity index (χ0) is 12.9. The molecule has 1 atom stereocenters. The Morgan fingerprint density at radius 1 is 1.41 bits per heavy atom. The number of carbonyl (C=O) groups excluding carboxylic acids is 1. The fourth-order valence-corrected chi connectivity index (χ4v) is 2.20. The number of ketones is 1. The van der Waals surface area contributed by atoms with Crippen LogP contribution in [0.5, 0.6) is 0 Å². The topological polar surface area (TPSA) is 20.3 Å². The van der Waals surface area contributed by atoms with Gasteiger partial charge in [0.25, 0.3) is 0 Å². The van der Waals surface area contributed by atoms with E-state index in [0.29, 0.717) is 32.2 Å². The fraction of sp³-hybridized carbons (Fsp3) is 0.917. The van der Waals surface area contributed by atoms with E-state index in [-0.39, 0.29) is 18.7 Å². The van der Waals surface area contributed by atoms with Gasteiger partial charge in [0.2, 0.25) is 0 Å². The predicted octanol–water partition coefficient (Wildman–Crippen LogP) is 3.02. The lowest BCUT2D eigenvalue weighted by atomic mass is 9.97. The number of carbonyl (C=O) groups is 1. The molecule has 1 aliphatic rings. The largest absolute Gasteiger partial charge is 0.393 e. The maximum Gasteiger partial charge on any atom is 0.393 e. The van der Waals surface area contributed by atoms with E-state index in [9.17, 15) is 18.0 Å². The molecule has 0 N–H and O–H groups in total. The summed E-state index contributed by atoms with van der Waals surface area (Å²) in [7, 11) is 0. The molecule has 1 aliphatic heterocycles. The molecule has 0 aromatic rings. The Bertz CT molecular complexity index is 253. The molecule has 1 rings (SSSR count). The van der Waals surface area contributed by atoms with Gasteiger partial charge in [0.05, 0.1) is 5.92 Å². The van der Waals surface area contributed by atoms with Crippen LogP contribution in [0.1, 0.15) is 39.0 Å². The maximum absolute atomic E-state index is 12.5. The number of alkyl halides is 3. The van der Waals surface area contributed by atoms with E-state index in [2.05, 4.69) is 0 Å². The number of rotatable bonds is 5. The third-order valence-corrected chi connectivity index (χ3v) is 3.29. The Balaban J connectivity index is 2.28. The maximum atomic E-state index is 12.5. The third-order valence-electron chi connectivity index (χ3n) is 3.29. The summed E-state index contributed by atoms with van der Waals surface area (Å²) in [5, 5.41) is 0. The van der Waals surface area contributed by atoms with Gasteiger partial charge in [-0.2, -0.15) is 13.2 Å². The summed E-state index contributed by atoms with van der Waals surface area (Å²) in [4.78, 5) is 12.9. The van der Waals surface area contributed by atoms with Gasteiger partial charge in [0, 0.05) is 19.4 Å². The highest BCUT2D eigenvalue weighted by Crippen LogP contribution is 2.33. The highest BCUT2D eigenvalue weighted by molar-refractivity contribution is 5.77. The van der Waals surface area contributed by atoms with E-state index < -0.39 is 12.1 Å². The second kappa shape index (κ2) is 6.38. The zero-order valence-electron chi connectivity index (χ0n) is 10.2. The molecule has 0 spiro atoms. The summed E-state index contributed by atoms with van der Waals surface area (Å²) in [6, 6.07) is 0. The summed E-state index contributed by atoms with van der Waals surface area (Å²) >= 11 is 0. The van der Waals surface area contributed by atoms with Gasteiger partial charge in [-0.3, -0.25) is 4.79 Å². The Morgan fingerprint density at radius 3 is 2.71 bits per heavy atom. The predicted molar refractivity (Wildman–Crippen MR) is 59.8 cm³/mol. The number of Topliss-reactive ketones (excluding diaryl/α,β-unsaturated/α-hetero) is 1. The Hall–Kier alpha value is -0.580. The second-order valence-electron chi connectivity index (χ2n) is 4.68. The van der Waals surface area contributed by atoms with Gasteiger partial charge >= 0.3 is 6.18 Å². The summed E-state index contributed by atoms with van der Waals surface area (Å²) in [5.41, 5.74) is 0. The van der Waals surface area contributed by atoms with Crippen LogP contribution in [0.2, 0.25) is 0 Å². The quantitative estimate of drug-likeness (QED) is 0.748. The summed E-state index contributed by atoms with van der Waals surface area (Å²) in [5.74, 6) is -0.993. The number of halogens is 3. The number of hydrogen-bond donors (Lipinski definition) is 0. The van der Waals surface area contributed by atoms with Crippen LogP contribution in [-0.4, -0.2) is 36.5 Å². The van der Waals surface area contributed by atoms with Gasteiger partial charge in [-0.15, -0.1) is 0 Å². The van der Waals surface area contributed by atoms with Crippen LogP contribution in [0.4, 0.5) is 13.2 Å². The molecule has 0 amide bonds. The van der Waals surface area contributed by atoms with Crippen molar-refractivity contribution in [2.45, 2.75) is 45.2 Å². The standard InChI is InChI=1S/C12H20F3NO/c1-2-11(17)6-4-8-16-7-3-5-10(9-16)12(13,14)15/h10H,2-9H2,1H3. The van der Waals surface area contributed by atoms with E-state index in [1.807, 2.05) is 11.8 Å². The van der Waals surface area contributed by atoms with Crippen LogP contribution in [0.3, 0.4) is 0 Å². The highest BCUT2D eigenvalue weighted by Gasteiger charge is 2.41. The van der Waals surface area contributed by atoms with E-state index in [1.54, 1.807) is 0 Å². The average Bonchev–Trinajstić information content (AvgIpc) is 2.28. The normalized spacial score (nSPS) is 22.7. The van der Waals surface area contributed by atoms with Crippen LogP contribution in [0, 0.1) is 5.92 Å². The molecule has 0 radical (unpaired) electrons. The SMILES string of the molecule is CCC(=O)CCCN1CCCC(C(F)(F)F)C1. The van der Waals surface area contributed by atoms with Crippen LogP contribution in [0.15, 0.2) is 0 Å². The van der Waals surface area contributed by atoms with Gasteiger partial charge < -0.3 is 4.90 Å². The van der Waals surface area contributed by atoms with Gasteiger partial charge in [-0.05, 0) is 32.4 Å². The van der Waals surface area contributed by atoms with Crippen molar-refractivity contribution in [3.05, 3.63) is 0 Å². The van der Waals surface area contributed by atoms with Gasteiger partial charge in [-0.1, -0.05) is 6.92 Å². The Kier molecular flexibility index (Phi) is 5.43. The minimum atomic E-state index is -4.07. The van der Waals surface area contributed by atoms with Crippen molar-refractivity contribution in [3.8, 4) is 0 Å². The molecule has 0 aromatic carbocycles. The first-order chi connectivity index (χ1) is 7.93. The van der Waals surface area contributed by atoms with Crippen molar-refractivity contribution in [1.82, 2.24) is 4.90 Å². The van der Waals surface area contributed by atoms with Crippen molar-refractivity contribution >= 4 is 5.78 Å². The highest BCUT2D eigenvalue weighted by atomic mass is 19.4. The summed E-state index contributed by atoms with van der Waals surface area (Å²) in [6.07, 6.45) is -1.54. The third kappa shape index (κ3) is 5.06. The molecule has 1 heterocycles. The molecule has 0 bridgehead atoms. The average molecular weight is 251 g/mol. The molecule has 2 nitrogen and oxygen atoms in total. The Morgan fingerprint density at radius 2 is 2.12 bits per heavy atom. The van der Waals surface area contributed by atoms with Crippen molar-refractivity contribution in [2.24, 2.45) is 5.92 Å². The number of hydrogen-bond acceptors (Lipinski definition) is 2. The van der Waals surface area contributed by atoms with Crippen LogP contribution in [0.25, 0.3) is 0 Å². The van der Waals surface area contributed by atoms with Crippen molar-refractivity contribution < 1.29 is 18.0 Å². The lowest BCUT2D eigenvalue weighted by molar-refractivity contribution is -0.186. The molecule has 0 saturated carbocycles. The molecule has 0 aromatic heterocycles. The van der Waals surface area contributed by atoms with Gasteiger partial charge in [-0.25, -0.2) is 0 Å². The van der Waals surface area contributed by atoms with Crippen LogP contribution in [-0.2, 0) is 4.79 Å². The second-order valence-corrected chi connectivity index (χ2v) is 4.68. The van der Waals surface area contributed by atoms with Crippen LogP contribution >= 0.6 is 0 Å². The number of piperidine rings is 1. The lowest BCUT2D eigenvalue weighted by Gasteiger charge is -2.33. The van der Waals surface area contributed by atoms with Crippen molar-refractivity contribution in [1.29, 1.82) is 0 Å². The Labute approximate surface area is 100 Å². The van der Waals surface area contributed by atoms with E-state index in [1.165, 1.54) is 0 Å². The smallest absolute Gasteiger partial charge is 0.303 e. The number of nitrogens with zero attached hydrogens (tertiary/aromatic N) is 1. The first kappa shape index (κ1) is 14.5. The molecular formula is C12H20F3NO. The molecule has 1 unspecified atom stereocenters. The fourth-order valence-electron chi connectivity index (χ4n) is 2.20. The zero-order valence-corrected chi connectivity index (χ0v) is 10.2. The molecule has 100 valence electrons. The van der Waals surface area contributed by atoms with E-state index in [0.717, 1.165) is 6.54 Å². The molecular weight excluding hydrogens is 231 g/mol. The van der Waals surface area contributed by atoms with Crippen molar-refractivity contribution in [2.75, 3.05) is 19.6 Å². The van der Waals surface area contributed by atoms with Gasteiger partial charge in [0.1, 0.15) is 5.78 Å².